The van der Waals surface area contributed by atoms with Crippen LogP contribution < -0.4 is 16.0 Å². The fourth-order valence-corrected chi connectivity index (χ4v) is 4.18. The summed E-state index contributed by atoms with van der Waals surface area (Å²) in [5.41, 5.74) is 2.24. The van der Waals surface area contributed by atoms with Gasteiger partial charge in [-0.25, -0.2) is 14.4 Å². The molecule has 8 nitrogen and oxygen atoms in total. The Hall–Kier alpha value is -3.23. The van der Waals surface area contributed by atoms with Crippen molar-refractivity contribution in [2.45, 2.75) is 33.2 Å². The smallest absolute Gasteiger partial charge is 0.338 e. The van der Waals surface area contributed by atoms with Gasteiger partial charge in [-0.2, -0.15) is 0 Å². The van der Waals surface area contributed by atoms with Gasteiger partial charge in [-0.15, -0.1) is 0 Å². The molecular weight excluding hydrogens is 479 g/mol. The predicted octanol–water partition coefficient (Wildman–Crippen LogP) is 5.95. The molecule has 2 aromatic rings. The van der Waals surface area contributed by atoms with E-state index in [0.29, 0.717) is 44.8 Å². The van der Waals surface area contributed by atoms with Gasteiger partial charge < -0.3 is 20.7 Å². The van der Waals surface area contributed by atoms with Crippen molar-refractivity contribution >= 4 is 52.6 Å². The normalized spacial score (nSPS) is 15.6. The number of hydrogen-bond acceptors (Lipinski definition) is 4. The van der Waals surface area contributed by atoms with Crippen molar-refractivity contribution in [3.8, 4) is 0 Å². The van der Waals surface area contributed by atoms with Gasteiger partial charge in [-0.05, 0) is 50.1 Å². The molecular formula is C24H26Cl2N4O4. The number of para-hydroxylation sites is 1. The van der Waals surface area contributed by atoms with E-state index >= 15 is 0 Å². The van der Waals surface area contributed by atoms with Crippen LogP contribution in [0.2, 0.25) is 10.0 Å². The molecule has 0 aliphatic carbocycles. The SMILES string of the molecule is CCCN1C(=O)N[C@H](c2cccc(NC(=O)Nc3c(Cl)cccc3Cl)c2)C(C(=O)OCC)=C1C. The van der Waals surface area contributed by atoms with Gasteiger partial charge in [0.25, 0.3) is 0 Å². The molecule has 4 amide bonds. The van der Waals surface area contributed by atoms with Gasteiger partial charge in [0.2, 0.25) is 0 Å². The zero-order valence-corrected chi connectivity index (χ0v) is 20.6. The fourth-order valence-electron chi connectivity index (χ4n) is 3.69. The number of carbonyl (C=O) groups excluding carboxylic acids is 3. The molecule has 0 spiro atoms. The minimum atomic E-state index is -0.734. The molecule has 0 fully saturated rings. The lowest BCUT2D eigenvalue weighted by atomic mass is 9.94. The van der Waals surface area contributed by atoms with Gasteiger partial charge in [-0.3, -0.25) is 4.90 Å². The van der Waals surface area contributed by atoms with Crippen molar-refractivity contribution in [1.82, 2.24) is 10.2 Å². The summed E-state index contributed by atoms with van der Waals surface area (Å²) < 4.78 is 5.27. The maximum Gasteiger partial charge on any atom is 0.338 e. The van der Waals surface area contributed by atoms with Crippen molar-refractivity contribution in [3.05, 3.63) is 69.3 Å². The number of hydrogen-bond donors (Lipinski definition) is 3. The number of nitrogens with one attached hydrogen (secondary N) is 3. The molecule has 3 rings (SSSR count). The number of allylic oxidation sites excluding steroid dienone is 1. The van der Waals surface area contributed by atoms with Gasteiger partial charge in [0.1, 0.15) is 0 Å². The van der Waals surface area contributed by atoms with E-state index < -0.39 is 18.0 Å². The van der Waals surface area contributed by atoms with Gasteiger partial charge in [-0.1, -0.05) is 48.3 Å². The number of ether oxygens (including phenoxy) is 1. The van der Waals surface area contributed by atoms with Crippen LogP contribution in [0.15, 0.2) is 53.7 Å². The maximum absolute atomic E-state index is 12.8. The Labute approximate surface area is 208 Å². The number of nitrogens with zero attached hydrogens (tertiary/aromatic N) is 1. The van der Waals surface area contributed by atoms with Gasteiger partial charge in [0, 0.05) is 17.9 Å². The number of rotatable bonds is 7. The molecule has 0 radical (unpaired) electrons. The summed E-state index contributed by atoms with van der Waals surface area (Å²) in [6.45, 7) is 6.09. The van der Waals surface area contributed by atoms with Crippen LogP contribution in [0.5, 0.6) is 0 Å². The first-order chi connectivity index (χ1) is 16.3. The third-order valence-corrected chi connectivity index (χ3v) is 5.85. The van der Waals surface area contributed by atoms with Crippen LogP contribution in [0.4, 0.5) is 21.0 Å². The Balaban J connectivity index is 1.88. The molecule has 2 aromatic carbocycles. The Kier molecular flexibility index (Phi) is 8.41. The maximum atomic E-state index is 12.8. The predicted molar refractivity (Wildman–Crippen MR) is 133 cm³/mol. The van der Waals surface area contributed by atoms with E-state index in [1.807, 2.05) is 6.92 Å². The molecule has 0 bridgehead atoms. The lowest BCUT2D eigenvalue weighted by molar-refractivity contribution is -0.139. The topological polar surface area (TPSA) is 99.8 Å². The fraction of sp³-hybridized carbons (Fsp3) is 0.292. The number of esters is 1. The molecule has 0 unspecified atom stereocenters. The molecule has 0 aromatic heterocycles. The van der Waals surface area contributed by atoms with Crippen molar-refractivity contribution in [3.63, 3.8) is 0 Å². The molecule has 3 N–H and O–H groups in total. The Bertz CT molecular complexity index is 1120. The zero-order valence-electron chi connectivity index (χ0n) is 19.1. The van der Waals surface area contributed by atoms with Crippen LogP contribution >= 0.6 is 23.2 Å². The van der Waals surface area contributed by atoms with Gasteiger partial charge in [0.05, 0.1) is 34.0 Å². The van der Waals surface area contributed by atoms with Crippen molar-refractivity contribution in [1.29, 1.82) is 0 Å². The van der Waals surface area contributed by atoms with Gasteiger partial charge in [0.15, 0.2) is 0 Å². The molecule has 1 heterocycles. The highest BCUT2D eigenvalue weighted by molar-refractivity contribution is 6.39. The van der Waals surface area contributed by atoms with E-state index in [1.165, 1.54) is 4.90 Å². The Morgan fingerprint density at radius 1 is 1.09 bits per heavy atom. The minimum absolute atomic E-state index is 0.205. The standard InChI is InChI=1S/C24H26Cl2N4O4/c1-4-12-30-14(3)19(22(31)34-5-2)20(29-24(30)33)15-8-6-9-16(13-15)27-23(32)28-21-17(25)10-7-11-18(21)26/h6-11,13,20H,4-5,12H2,1-3H3,(H,29,33)(H2,27,28,32)/t20-/m1/s1. The van der Waals surface area contributed by atoms with Crippen LogP contribution in [0.25, 0.3) is 0 Å². The van der Waals surface area contributed by atoms with E-state index in [2.05, 4.69) is 16.0 Å². The van der Waals surface area contributed by atoms with E-state index in [-0.39, 0.29) is 12.6 Å². The Morgan fingerprint density at radius 2 is 1.76 bits per heavy atom. The van der Waals surface area contributed by atoms with Crippen LogP contribution in [0, 0.1) is 0 Å². The molecule has 1 aliphatic rings. The van der Waals surface area contributed by atoms with E-state index in [0.717, 1.165) is 6.42 Å². The Morgan fingerprint density at radius 3 is 2.41 bits per heavy atom. The summed E-state index contributed by atoms with van der Waals surface area (Å²) in [6, 6.07) is 10.2. The highest BCUT2D eigenvalue weighted by atomic mass is 35.5. The number of carbonyl (C=O) groups is 3. The first-order valence-corrected chi connectivity index (χ1v) is 11.6. The summed E-state index contributed by atoms with van der Waals surface area (Å²) in [5, 5.41) is 8.85. The molecule has 34 heavy (non-hydrogen) atoms. The van der Waals surface area contributed by atoms with Crippen LogP contribution in [0.3, 0.4) is 0 Å². The van der Waals surface area contributed by atoms with Crippen LogP contribution in [-0.4, -0.2) is 36.1 Å². The number of anilines is 2. The summed E-state index contributed by atoms with van der Waals surface area (Å²) >= 11 is 12.2. The quantitative estimate of drug-likeness (QED) is 0.405. The average Bonchev–Trinajstić information content (AvgIpc) is 2.79. The van der Waals surface area contributed by atoms with Gasteiger partial charge >= 0.3 is 18.0 Å². The summed E-state index contributed by atoms with van der Waals surface area (Å²) in [4.78, 5) is 39.7. The molecule has 0 saturated carbocycles. The third-order valence-electron chi connectivity index (χ3n) is 5.22. The van der Waals surface area contributed by atoms with Crippen molar-refractivity contribution < 1.29 is 19.1 Å². The summed E-state index contributed by atoms with van der Waals surface area (Å²) in [5.74, 6) is -0.504. The second-order valence-electron chi connectivity index (χ2n) is 7.55. The molecule has 0 saturated heterocycles. The first kappa shape index (κ1) is 25.4. The van der Waals surface area contributed by atoms with E-state index in [4.69, 9.17) is 27.9 Å². The lowest BCUT2D eigenvalue weighted by Gasteiger charge is -2.35. The van der Waals surface area contributed by atoms with E-state index in [9.17, 15) is 14.4 Å². The first-order valence-electron chi connectivity index (χ1n) is 10.8. The minimum Gasteiger partial charge on any atom is -0.463 e. The largest absolute Gasteiger partial charge is 0.463 e. The van der Waals surface area contributed by atoms with E-state index in [1.54, 1.807) is 56.3 Å². The number of urea groups is 2. The molecule has 1 atom stereocenters. The molecule has 10 heteroatoms. The molecule has 1 aliphatic heterocycles. The zero-order chi connectivity index (χ0) is 24.8. The van der Waals surface area contributed by atoms with Crippen molar-refractivity contribution in [2.75, 3.05) is 23.8 Å². The highest BCUT2D eigenvalue weighted by Crippen LogP contribution is 2.33. The highest BCUT2D eigenvalue weighted by Gasteiger charge is 2.36. The number of halogens is 2. The third kappa shape index (κ3) is 5.63. The second kappa shape index (κ2) is 11.3. The average molecular weight is 505 g/mol. The molecule has 180 valence electrons. The second-order valence-corrected chi connectivity index (χ2v) is 8.37. The number of benzene rings is 2. The summed E-state index contributed by atoms with van der Waals surface area (Å²) in [6.07, 6.45) is 0.732. The van der Waals surface area contributed by atoms with Crippen LogP contribution in [0.1, 0.15) is 38.8 Å². The van der Waals surface area contributed by atoms with Crippen molar-refractivity contribution in [2.24, 2.45) is 0 Å². The number of amides is 4. The summed E-state index contributed by atoms with van der Waals surface area (Å²) in [7, 11) is 0. The van der Waals surface area contributed by atoms with Crippen LogP contribution in [-0.2, 0) is 9.53 Å². The lowest BCUT2D eigenvalue weighted by Crippen LogP contribution is -2.48. The monoisotopic (exact) mass is 504 g/mol.